The third-order valence-corrected chi connectivity index (χ3v) is 11.4. The number of benzene rings is 4. The average Bonchev–Trinajstić information content (AvgIpc) is 1.24. The zero-order chi connectivity index (χ0) is 66.1. The van der Waals surface area contributed by atoms with Crippen LogP contribution in [0.1, 0.15) is 107 Å². The van der Waals surface area contributed by atoms with E-state index in [1.807, 2.05) is 63.7 Å². The fraction of sp³-hybridized carbons (Fsp3) is 0.290. The summed E-state index contributed by atoms with van der Waals surface area (Å²) in [6, 6.07) is 31.6. The van der Waals surface area contributed by atoms with Crippen LogP contribution in [0.4, 0.5) is 0 Å². The van der Waals surface area contributed by atoms with Crippen LogP contribution in [0.15, 0.2) is 134 Å². The maximum atomic E-state index is 7.59. The highest BCUT2D eigenvalue weighted by Gasteiger charge is 2.16. The van der Waals surface area contributed by atoms with E-state index in [-0.39, 0.29) is 11.1 Å². The minimum absolute atomic E-state index is 0.274. The molecule has 340 valence electrons. The molecule has 0 amide bonds. The van der Waals surface area contributed by atoms with E-state index in [0.717, 1.165) is 67.3 Å². The molecule has 0 radical (unpaired) electrons. The SMILES string of the molecule is [2H]C([2H])([2H])c1ccc(-c2cc(C)c(C([2H])([2H])[2H])c[n+]2C)c(C)c1.[2H]C([2H])([2H])c1ccc(-c2cc(C)c(C([2H])([2H])[2H])cc2C)[n+](C)c1.[2H]C([2H])([2H])c1ccc(-c2cc(C)cc[n+]2C)c(C)c1.[2H]C([2H])([2H])c1ccc(-c2ccc(C([2H])([2H])[2H])c[n+]2C)c(C)c1. The maximum Gasteiger partial charge on any atom is 0.212 e. The summed E-state index contributed by atoms with van der Waals surface area (Å²) in [7, 11) is 7.35. The normalized spacial score (nSPS) is 16.6. The molecule has 0 aliphatic carbocycles. The second-order valence-electron chi connectivity index (χ2n) is 17.0. The Kier molecular flexibility index (Phi) is 9.55. The van der Waals surface area contributed by atoms with Crippen molar-refractivity contribution in [2.45, 2.75) is 96.4 Å². The molecular formula is C62H76N4+4. The molecule has 4 heteroatoms. The van der Waals surface area contributed by atoms with E-state index in [9.17, 15) is 0 Å². The summed E-state index contributed by atoms with van der Waals surface area (Å²) >= 11 is 0. The number of nitrogens with zero attached hydrogens (tertiary/aromatic N) is 4. The molecule has 4 heterocycles. The number of rotatable bonds is 4. The topological polar surface area (TPSA) is 15.5 Å². The van der Waals surface area contributed by atoms with Gasteiger partial charge in [-0.25, -0.2) is 18.3 Å². The summed E-state index contributed by atoms with van der Waals surface area (Å²) in [5.74, 6) is 0. The van der Waals surface area contributed by atoms with Crippen LogP contribution in [-0.4, -0.2) is 0 Å². The van der Waals surface area contributed by atoms with Gasteiger partial charge in [-0.2, -0.15) is 0 Å². The van der Waals surface area contributed by atoms with Crippen LogP contribution in [0.25, 0.3) is 45.0 Å². The Labute approximate surface area is 428 Å². The van der Waals surface area contributed by atoms with Gasteiger partial charge < -0.3 is 0 Å². The van der Waals surface area contributed by atoms with E-state index in [4.69, 9.17) is 28.8 Å². The average molecular weight is 898 g/mol. The Hall–Kier alpha value is -6.52. The van der Waals surface area contributed by atoms with Gasteiger partial charge in [-0.05, 0) is 177 Å². The van der Waals surface area contributed by atoms with Gasteiger partial charge in [-0.3, -0.25) is 0 Å². The molecule has 0 unspecified atom stereocenters. The smallest absolute Gasteiger partial charge is 0.201 e. The van der Waals surface area contributed by atoms with Gasteiger partial charge in [0.25, 0.3) is 0 Å². The van der Waals surface area contributed by atoms with E-state index in [1.165, 1.54) is 5.56 Å². The van der Waals surface area contributed by atoms with Gasteiger partial charge in [0.2, 0.25) is 22.8 Å². The Morgan fingerprint density at radius 1 is 0.273 bits per heavy atom. The first kappa shape index (κ1) is 28.5. The molecule has 8 aromatic rings. The molecule has 0 saturated heterocycles. The minimum atomic E-state index is -2.15. The van der Waals surface area contributed by atoms with E-state index >= 15 is 0 Å². The number of aromatic nitrogens is 4. The molecule has 66 heavy (non-hydrogen) atoms. The predicted molar refractivity (Wildman–Crippen MR) is 279 cm³/mol. The molecule has 4 aromatic heterocycles. The molecule has 0 N–H and O–H groups in total. The van der Waals surface area contributed by atoms with Crippen molar-refractivity contribution in [3.05, 3.63) is 212 Å². The summed E-state index contributed by atoms with van der Waals surface area (Å²) in [6.45, 7) is -1.76. The summed E-state index contributed by atoms with van der Waals surface area (Å²) < 4.78 is 165. The second-order valence-corrected chi connectivity index (χ2v) is 17.0. The highest BCUT2D eigenvalue weighted by molar-refractivity contribution is 5.65. The number of pyridine rings is 4. The van der Waals surface area contributed by atoms with Crippen LogP contribution in [0, 0.1) is 96.4 Å². The lowest BCUT2D eigenvalue weighted by atomic mass is 9.98. The van der Waals surface area contributed by atoms with Crippen LogP contribution in [0.5, 0.6) is 0 Å². The van der Waals surface area contributed by atoms with Crippen LogP contribution >= 0.6 is 0 Å². The lowest BCUT2D eigenvalue weighted by molar-refractivity contribution is -0.660. The summed E-state index contributed by atoms with van der Waals surface area (Å²) in [5, 5.41) is 0. The Morgan fingerprint density at radius 2 is 0.682 bits per heavy atom. The lowest BCUT2D eigenvalue weighted by Crippen LogP contribution is -2.31. The quantitative estimate of drug-likeness (QED) is 0.156. The Bertz CT molecular complexity index is 3600. The van der Waals surface area contributed by atoms with Gasteiger partial charge in [-0.15, -0.1) is 0 Å². The maximum absolute atomic E-state index is 7.59. The van der Waals surface area contributed by atoms with Crippen LogP contribution in [0.2, 0.25) is 0 Å². The molecule has 8 rings (SSSR count). The monoisotopic (exact) mass is 898 g/mol. The van der Waals surface area contributed by atoms with Crippen LogP contribution in [0.3, 0.4) is 0 Å². The molecule has 0 atom stereocenters. The fourth-order valence-electron chi connectivity index (χ4n) is 7.68. The third kappa shape index (κ3) is 12.8. The van der Waals surface area contributed by atoms with E-state index in [0.29, 0.717) is 38.9 Å². The first-order chi connectivity index (χ1) is 39.6. The van der Waals surface area contributed by atoms with Crippen molar-refractivity contribution < 1.29 is 47.1 Å². The summed E-state index contributed by atoms with van der Waals surface area (Å²) in [6.07, 6.45) is 6.81. The third-order valence-electron chi connectivity index (χ3n) is 11.4. The Morgan fingerprint density at radius 3 is 1.14 bits per heavy atom. The molecule has 0 spiro atoms. The van der Waals surface area contributed by atoms with Gasteiger partial charge in [0.1, 0.15) is 28.2 Å². The number of hydrogen-bond acceptors (Lipinski definition) is 0. The predicted octanol–water partition coefficient (Wildman–Crippen LogP) is 13.0. The van der Waals surface area contributed by atoms with Crippen molar-refractivity contribution in [3.63, 3.8) is 0 Å². The Balaban J connectivity index is 0.000000212. The molecule has 0 fully saturated rings. The van der Waals surface area contributed by atoms with E-state index in [2.05, 4.69) is 19.1 Å². The molecule has 0 saturated carbocycles. The first-order valence-electron chi connectivity index (χ1n) is 32.0. The summed E-state index contributed by atoms with van der Waals surface area (Å²) in [5.41, 5.74) is 15.7. The number of aryl methyl sites for hydroxylation is 18. The molecule has 0 aliphatic rings. The van der Waals surface area contributed by atoms with E-state index in [1.54, 1.807) is 146 Å². The summed E-state index contributed by atoms with van der Waals surface area (Å²) in [4.78, 5) is 0. The van der Waals surface area contributed by atoms with Crippen molar-refractivity contribution in [2.75, 3.05) is 0 Å². The first-order valence-corrected chi connectivity index (χ1v) is 21.5. The van der Waals surface area contributed by atoms with Crippen molar-refractivity contribution in [3.8, 4) is 45.0 Å². The van der Waals surface area contributed by atoms with Gasteiger partial charge >= 0.3 is 0 Å². The van der Waals surface area contributed by atoms with Crippen molar-refractivity contribution >= 4 is 0 Å². The van der Waals surface area contributed by atoms with Crippen LogP contribution < -0.4 is 18.3 Å². The highest BCUT2D eigenvalue weighted by atomic mass is 14.9. The van der Waals surface area contributed by atoms with Crippen molar-refractivity contribution in [1.29, 1.82) is 0 Å². The standard InChI is InChI=1S/2C16H20N.2C15H18N/c1-11-6-7-16(17(5)10-11)15-9-13(3)12(2)8-14(15)4;1-11-6-7-15(13(3)8-11)16-9-12(2)14(4)10-17(16)5;1-11-5-7-14(13(3)9-11)15-8-6-12(2)10-16(15)4;1-11-5-6-14(13(3)9-11)15-10-12(2)7-8-16(15)4/h2*6-10H,1-5H3;2*5-10H,1-4H3/q4*+1/i1D3,2D3;1D3,4D3;1D3,2D3;1D3. The van der Waals surface area contributed by atoms with Crippen LogP contribution in [-0.2, 0) is 28.2 Å². The molecule has 4 aromatic carbocycles. The van der Waals surface area contributed by atoms with Gasteiger partial charge in [0, 0.05) is 98.1 Å². The van der Waals surface area contributed by atoms with Crippen molar-refractivity contribution in [2.24, 2.45) is 28.2 Å². The van der Waals surface area contributed by atoms with Gasteiger partial charge in [0.05, 0.1) is 0 Å². The second kappa shape index (κ2) is 22.1. The van der Waals surface area contributed by atoms with Gasteiger partial charge in [-0.1, -0.05) is 59.2 Å². The minimum Gasteiger partial charge on any atom is -0.201 e. The largest absolute Gasteiger partial charge is 0.212 e. The zero-order valence-corrected chi connectivity index (χ0v) is 40.0. The highest BCUT2D eigenvalue weighted by Crippen LogP contribution is 2.26. The molecule has 4 nitrogen and oxygen atoms in total. The molecule has 0 aliphatic heterocycles. The van der Waals surface area contributed by atoms with Gasteiger partial charge in [0.15, 0.2) is 24.8 Å². The fourth-order valence-corrected chi connectivity index (χ4v) is 7.68. The van der Waals surface area contributed by atoms with E-state index < -0.39 is 48.0 Å². The number of hydrogen-bond donors (Lipinski definition) is 0. The zero-order valence-electron chi connectivity index (χ0n) is 61.0. The lowest BCUT2D eigenvalue weighted by Gasteiger charge is -2.08. The van der Waals surface area contributed by atoms with Crippen molar-refractivity contribution in [1.82, 2.24) is 0 Å². The molecular weight excluding hydrogens is 801 g/mol. The molecule has 0 bridgehead atoms.